The van der Waals surface area contributed by atoms with Gasteiger partial charge in [-0.15, -0.1) is 0 Å². The van der Waals surface area contributed by atoms with Gasteiger partial charge in [0.1, 0.15) is 12.4 Å². The van der Waals surface area contributed by atoms with Gasteiger partial charge in [-0.1, -0.05) is 36.8 Å². The van der Waals surface area contributed by atoms with Crippen LogP contribution < -0.4 is 0 Å². The van der Waals surface area contributed by atoms with Gasteiger partial charge in [-0.2, -0.15) is 0 Å². The van der Waals surface area contributed by atoms with E-state index in [1.54, 1.807) is 6.07 Å². The fraction of sp³-hybridized carbons (Fsp3) is 0.500. The van der Waals surface area contributed by atoms with Crippen LogP contribution in [0.1, 0.15) is 67.3 Å². The van der Waals surface area contributed by atoms with Gasteiger partial charge in [0.25, 0.3) is 0 Å². The lowest BCUT2D eigenvalue weighted by Gasteiger charge is -2.39. The van der Waals surface area contributed by atoms with Crippen molar-refractivity contribution in [2.24, 2.45) is 0 Å². The molecular weight excluding hydrogens is 342 g/mol. The second-order valence-corrected chi connectivity index (χ2v) is 7.31. The van der Waals surface area contributed by atoms with Crippen molar-refractivity contribution in [3.05, 3.63) is 47.5 Å². The number of aldehydes is 1. The lowest BCUT2D eigenvalue weighted by Crippen LogP contribution is -2.49. The van der Waals surface area contributed by atoms with Gasteiger partial charge in [0.15, 0.2) is 0 Å². The molecular formula is C22H27NO4. The SMILES string of the molecule is O=Cc1cccc(CN2C(=O)CC/C=C/CCC(=O)O[C@@H]3CCCC[C@H]32)c1. The van der Waals surface area contributed by atoms with Crippen molar-refractivity contribution in [1.29, 1.82) is 0 Å². The molecule has 27 heavy (non-hydrogen) atoms. The summed E-state index contributed by atoms with van der Waals surface area (Å²) < 4.78 is 5.77. The van der Waals surface area contributed by atoms with Crippen molar-refractivity contribution in [2.75, 3.05) is 0 Å². The summed E-state index contributed by atoms with van der Waals surface area (Å²) in [7, 11) is 0. The fourth-order valence-electron chi connectivity index (χ4n) is 3.94. The monoisotopic (exact) mass is 369 g/mol. The summed E-state index contributed by atoms with van der Waals surface area (Å²) >= 11 is 0. The first-order valence-electron chi connectivity index (χ1n) is 9.85. The number of hydrogen-bond acceptors (Lipinski definition) is 4. The van der Waals surface area contributed by atoms with E-state index >= 15 is 0 Å². The summed E-state index contributed by atoms with van der Waals surface area (Å²) in [6.07, 6.45) is 10.3. The van der Waals surface area contributed by atoms with Crippen LogP contribution in [0.2, 0.25) is 0 Å². The Morgan fingerprint density at radius 2 is 1.85 bits per heavy atom. The van der Waals surface area contributed by atoms with E-state index in [-0.39, 0.29) is 24.0 Å². The normalized spacial score (nSPS) is 25.6. The minimum Gasteiger partial charge on any atom is -0.460 e. The standard InChI is InChI=1S/C22H27NO4/c24-16-18-9-7-8-17(14-18)15-23-19-10-5-6-11-20(19)27-22(26)13-4-2-1-3-12-21(23)25/h1-2,7-9,14,16,19-20H,3-6,10-13,15H2/b2-1+/t19-,20-/m1/s1. The zero-order valence-electron chi connectivity index (χ0n) is 15.6. The van der Waals surface area contributed by atoms with Gasteiger partial charge in [-0.3, -0.25) is 14.4 Å². The molecule has 5 heteroatoms. The minimum absolute atomic E-state index is 0.0738. The van der Waals surface area contributed by atoms with Crippen molar-refractivity contribution >= 4 is 18.2 Å². The molecule has 144 valence electrons. The number of amides is 1. The van der Waals surface area contributed by atoms with Crippen LogP contribution in [0.5, 0.6) is 0 Å². The second-order valence-electron chi connectivity index (χ2n) is 7.31. The van der Waals surface area contributed by atoms with Gasteiger partial charge < -0.3 is 9.64 Å². The number of ether oxygens (including phenoxy) is 1. The molecule has 1 aromatic rings. The van der Waals surface area contributed by atoms with E-state index in [9.17, 15) is 14.4 Å². The van der Waals surface area contributed by atoms with Crippen LogP contribution in [0.4, 0.5) is 0 Å². The first kappa shape index (κ1) is 19.3. The summed E-state index contributed by atoms with van der Waals surface area (Å²) in [5, 5.41) is 0. The van der Waals surface area contributed by atoms with Crippen molar-refractivity contribution in [1.82, 2.24) is 4.90 Å². The quantitative estimate of drug-likeness (QED) is 0.462. The van der Waals surface area contributed by atoms with Gasteiger partial charge in [0.2, 0.25) is 5.91 Å². The van der Waals surface area contributed by atoms with Crippen LogP contribution in [0.25, 0.3) is 0 Å². The highest BCUT2D eigenvalue weighted by molar-refractivity contribution is 5.77. The average Bonchev–Trinajstić information content (AvgIpc) is 2.68. The molecule has 0 bridgehead atoms. The zero-order valence-corrected chi connectivity index (χ0v) is 15.6. The number of carbonyl (C=O) groups excluding carboxylic acids is 3. The molecule has 0 radical (unpaired) electrons. The molecule has 0 saturated heterocycles. The van der Waals surface area contributed by atoms with E-state index in [0.717, 1.165) is 37.5 Å². The topological polar surface area (TPSA) is 63.7 Å². The van der Waals surface area contributed by atoms with Crippen molar-refractivity contribution in [3.8, 4) is 0 Å². The summed E-state index contributed by atoms with van der Waals surface area (Å²) in [4.78, 5) is 38.2. The molecule has 1 saturated carbocycles. The van der Waals surface area contributed by atoms with Crippen molar-refractivity contribution in [3.63, 3.8) is 0 Å². The molecule has 5 nitrogen and oxygen atoms in total. The molecule has 0 spiro atoms. The third kappa shape index (κ3) is 5.28. The molecule has 2 atom stereocenters. The average molecular weight is 369 g/mol. The molecule has 2 aliphatic rings. The van der Waals surface area contributed by atoms with Gasteiger partial charge >= 0.3 is 5.97 Å². The molecule has 1 aromatic carbocycles. The lowest BCUT2D eigenvalue weighted by molar-refractivity contribution is -0.159. The predicted molar refractivity (Wildman–Crippen MR) is 102 cm³/mol. The molecule has 1 aliphatic carbocycles. The van der Waals surface area contributed by atoms with E-state index < -0.39 is 0 Å². The number of hydrogen-bond donors (Lipinski definition) is 0. The van der Waals surface area contributed by atoms with E-state index in [1.807, 2.05) is 35.3 Å². The van der Waals surface area contributed by atoms with E-state index in [4.69, 9.17) is 4.74 Å². The number of fused-ring (bicyclic) bond motifs is 1. The molecule has 1 aliphatic heterocycles. The maximum Gasteiger partial charge on any atom is 0.306 e. The Balaban J connectivity index is 1.87. The highest BCUT2D eigenvalue weighted by atomic mass is 16.5. The number of allylic oxidation sites excluding steroid dienone is 2. The Bertz CT molecular complexity index is 712. The van der Waals surface area contributed by atoms with Crippen LogP contribution >= 0.6 is 0 Å². The highest BCUT2D eigenvalue weighted by Gasteiger charge is 2.35. The van der Waals surface area contributed by atoms with Gasteiger partial charge in [-0.05, 0) is 43.7 Å². The number of benzene rings is 1. The summed E-state index contributed by atoms with van der Waals surface area (Å²) in [6.45, 7) is 0.433. The maximum absolute atomic E-state index is 13.0. The molecule has 3 rings (SSSR count). The van der Waals surface area contributed by atoms with Gasteiger partial charge in [-0.25, -0.2) is 0 Å². The van der Waals surface area contributed by atoms with Crippen molar-refractivity contribution < 1.29 is 19.1 Å². The molecule has 1 amide bonds. The number of esters is 1. The lowest BCUT2D eigenvalue weighted by atomic mass is 9.90. The largest absolute Gasteiger partial charge is 0.460 e. The number of rotatable bonds is 3. The predicted octanol–water partition coefficient (Wildman–Crippen LogP) is 3.81. The van der Waals surface area contributed by atoms with E-state index in [0.29, 0.717) is 37.8 Å². The van der Waals surface area contributed by atoms with Crippen LogP contribution in [-0.4, -0.2) is 35.2 Å². The van der Waals surface area contributed by atoms with Crippen LogP contribution in [0.15, 0.2) is 36.4 Å². The van der Waals surface area contributed by atoms with Gasteiger partial charge in [0.05, 0.1) is 6.04 Å². The second kappa shape index (κ2) is 9.49. The molecule has 0 unspecified atom stereocenters. The first-order chi connectivity index (χ1) is 13.2. The Morgan fingerprint density at radius 1 is 1.07 bits per heavy atom. The van der Waals surface area contributed by atoms with Crippen LogP contribution in [0.3, 0.4) is 0 Å². The minimum atomic E-state index is -0.243. The van der Waals surface area contributed by atoms with E-state index in [1.165, 1.54) is 0 Å². The zero-order chi connectivity index (χ0) is 19.1. The molecule has 0 aromatic heterocycles. The number of nitrogens with zero attached hydrogens (tertiary/aromatic N) is 1. The maximum atomic E-state index is 13.0. The van der Waals surface area contributed by atoms with Gasteiger partial charge in [0, 0.05) is 24.9 Å². The van der Waals surface area contributed by atoms with Crippen LogP contribution in [-0.2, 0) is 20.9 Å². The Kier molecular flexibility index (Phi) is 6.80. The summed E-state index contributed by atoms with van der Waals surface area (Å²) in [5.41, 5.74) is 1.52. The third-order valence-electron chi connectivity index (χ3n) is 5.32. The summed E-state index contributed by atoms with van der Waals surface area (Å²) in [5.74, 6) is -0.114. The Labute approximate surface area is 160 Å². The highest BCUT2D eigenvalue weighted by Crippen LogP contribution is 2.28. The number of carbonyl (C=O) groups is 3. The van der Waals surface area contributed by atoms with Crippen LogP contribution in [0, 0.1) is 0 Å². The van der Waals surface area contributed by atoms with E-state index in [2.05, 4.69) is 0 Å². The Morgan fingerprint density at radius 3 is 2.67 bits per heavy atom. The Hall–Kier alpha value is -2.43. The molecule has 0 N–H and O–H groups in total. The van der Waals surface area contributed by atoms with Crippen molar-refractivity contribution in [2.45, 2.75) is 70.1 Å². The fourth-order valence-corrected chi connectivity index (χ4v) is 3.94. The molecule has 1 heterocycles. The summed E-state index contributed by atoms with van der Waals surface area (Å²) in [6, 6.07) is 7.24. The first-order valence-corrected chi connectivity index (χ1v) is 9.85. The smallest absolute Gasteiger partial charge is 0.306 e. The third-order valence-corrected chi connectivity index (χ3v) is 5.32. The molecule has 1 fully saturated rings.